The molecule has 1 N–H and O–H groups in total. The van der Waals surface area contributed by atoms with Gasteiger partial charge in [-0.2, -0.15) is 0 Å². The predicted molar refractivity (Wildman–Crippen MR) is 80.1 cm³/mol. The molecule has 1 aliphatic carbocycles. The molecule has 0 spiro atoms. The van der Waals surface area contributed by atoms with Crippen molar-refractivity contribution in [1.82, 2.24) is 15.2 Å². The number of aromatic amines is 1. The minimum absolute atomic E-state index is 0.186. The van der Waals surface area contributed by atoms with Crippen LogP contribution in [0.5, 0.6) is 5.75 Å². The molecule has 5 heteroatoms. The summed E-state index contributed by atoms with van der Waals surface area (Å²) >= 11 is 1.65. The summed E-state index contributed by atoms with van der Waals surface area (Å²) in [5, 5.41) is 8.13. The van der Waals surface area contributed by atoms with Gasteiger partial charge in [-0.05, 0) is 32.8 Å². The lowest BCUT2D eigenvalue weighted by Gasteiger charge is -2.13. The van der Waals surface area contributed by atoms with E-state index in [1.54, 1.807) is 11.8 Å². The van der Waals surface area contributed by atoms with Crippen molar-refractivity contribution in [2.75, 3.05) is 0 Å². The van der Waals surface area contributed by atoms with E-state index < -0.39 is 0 Å². The molecule has 0 unspecified atom stereocenters. The summed E-state index contributed by atoms with van der Waals surface area (Å²) in [6, 6.07) is 8.16. The zero-order chi connectivity index (χ0) is 13.9. The van der Waals surface area contributed by atoms with Crippen LogP contribution in [0.1, 0.15) is 44.0 Å². The molecular weight excluding hydrogens is 270 g/mol. The molecule has 0 saturated heterocycles. The Balaban J connectivity index is 1.64. The molecule has 0 radical (unpaired) electrons. The van der Waals surface area contributed by atoms with Crippen LogP contribution in [0.15, 0.2) is 29.4 Å². The summed E-state index contributed by atoms with van der Waals surface area (Å²) < 4.78 is 5.83. The Morgan fingerprint density at radius 1 is 1.35 bits per heavy atom. The number of benzene rings is 1. The molecule has 3 rings (SSSR count). The van der Waals surface area contributed by atoms with Crippen LogP contribution in [0.4, 0.5) is 0 Å². The Bertz CT molecular complexity index is 578. The lowest BCUT2D eigenvalue weighted by atomic mass is 10.2. The summed E-state index contributed by atoms with van der Waals surface area (Å²) in [6.07, 6.45) is 2.67. The highest BCUT2D eigenvalue weighted by atomic mass is 32.2. The van der Waals surface area contributed by atoms with Crippen molar-refractivity contribution in [3.05, 3.63) is 35.7 Å². The average Bonchev–Trinajstić information content (AvgIpc) is 3.17. The topological polar surface area (TPSA) is 50.8 Å². The first-order valence-corrected chi connectivity index (χ1v) is 8.00. The molecule has 0 atom stereocenters. The molecule has 1 saturated carbocycles. The third-order valence-electron chi connectivity index (χ3n) is 3.14. The number of nitrogens with zero attached hydrogens (tertiary/aromatic N) is 2. The van der Waals surface area contributed by atoms with Crippen LogP contribution in [0.3, 0.4) is 0 Å². The molecule has 1 fully saturated rings. The monoisotopic (exact) mass is 289 g/mol. The number of H-pyrrole nitrogens is 1. The van der Waals surface area contributed by atoms with Gasteiger partial charge < -0.3 is 4.74 Å². The number of rotatable bonds is 6. The van der Waals surface area contributed by atoms with E-state index in [0.29, 0.717) is 5.92 Å². The molecule has 2 aromatic rings. The van der Waals surface area contributed by atoms with Crippen molar-refractivity contribution >= 4 is 11.8 Å². The second kappa shape index (κ2) is 5.87. The molecule has 1 aromatic carbocycles. The van der Waals surface area contributed by atoms with Gasteiger partial charge in [-0.1, -0.05) is 30.0 Å². The van der Waals surface area contributed by atoms with Crippen molar-refractivity contribution < 1.29 is 4.74 Å². The van der Waals surface area contributed by atoms with E-state index in [0.717, 1.165) is 22.5 Å². The van der Waals surface area contributed by atoms with Crippen LogP contribution in [0.25, 0.3) is 0 Å². The lowest BCUT2D eigenvalue weighted by molar-refractivity contribution is 0.240. The predicted octanol–water partition coefficient (Wildman–Crippen LogP) is 3.76. The minimum Gasteiger partial charge on any atom is -0.491 e. The smallest absolute Gasteiger partial charge is 0.208 e. The van der Waals surface area contributed by atoms with Crippen molar-refractivity contribution in [2.24, 2.45) is 0 Å². The van der Waals surface area contributed by atoms with E-state index in [-0.39, 0.29) is 6.10 Å². The van der Waals surface area contributed by atoms with Gasteiger partial charge in [0.05, 0.1) is 6.10 Å². The van der Waals surface area contributed by atoms with Crippen molar-refractivity contribution in [3.8, 4) is 5.75 Å². The van der Waals surface area contributed by atoms with Gasteiger partial charge in [0.15, 0.2) is 0 Å². The number of ether oxygens (including phenoxy) is 1. The molecule has 20 heavy (non-hydrogen) atoms. The van der Waals surface area contributed by atoms with Gasteiger partial charge in [-0.3, -0.25) is 5.10 Å². The highest BCUT2D eigenvalue weighted by Gasteiger charge is 2.27. The van der Waals surface area contributed by atoms with E-state index in [2.05, 4.69) is 21.2 Å². The summed E-state index contributed by atoms with van der Waals surface area (Å²) in [5.74, 6) is 3.44. The fourth-order valence-corrected chi connectivity index (χ4v) is 2.79. The largest absolute Gasteiger partial charge is 0.491 e. The zero-order valence-electron chi connectivity index (χ0n) is 11.8. The van der Waals surface area contributed by atoms with Crippen molar-refractivity contribution in [3.63, 3.8) is 0 Å². The first-order chi connectivity index (χ1) is 9.72. The summed E-state index contributed by atoms with van der Waals surface area (Å²) in [7, 11) is 0. The number of nitrogens with one attached hydrogen (secondary N) is 1. The maximum absolute atomic E-state index is 5.83. The van der Waals surface area contributed by atoms with Crippen LogP contribution in [-0.4, -0.2) is 21.3 Å². The van der Waals surface area contributed by atoms with Gasteiger partial charge in [-0.15, -0.1) is 5.10 Å². The Hall–Kier alpha value is -1.49. The second-order valence-electron chi connectivity index (χ2n) is 5.34. The normalized spacial score (nSPS) is 14.8. The first-order valence-electron chi connectivity index (χ1n) is 7.02. The molecule has 4 nitrogen and oxygen atoms in total. The Kier molecular flexibility index (Phi) is 3.96. The van der Waals surface area contributed by atoms with Crippen LogP contribution in [0, 0.1) is 0 Å². The second-order valence-corrected chi connectivity index (χ2v) is 6.28. The van der Waals surface area contributed by atoms with Crippen LogP contribution in [0.2, 0.25) is 0 Å². The molecular formula is C15H19N3OS. The molecule has 0 amide bonds. The van der Waals surface area contributed by atoms with E-state index in [1.165, 1.54) is 18.4 Å². The van der Waals surface area contributed by atoms with E-state index in [9.17, 15) is 0 Å². The quantitative estimate of drug-likeness (QED) is 0.823. The Morgan fingerprint density at radius 3 is 2.90 bits per heavy atom. The molecule has 106 valence electrons. The minimum atomic E-state index is 0.186. The fourth-order valence-electron chi connectivity index (χ4n) is 2.00. The summed E-state index contributed by atoms with van der Waals surface area (Å²) in [5.41, 5.74) is 1.18. The van der Waals surface area contributed by atoms with Gasteiger partial charge in [0.1, 0.15) is 11.6 Å². The third kappa shape index (κ3) is 3.33. The van der Waals surface area contributed by atoms with Gasteiger partial charge in [0, 0.05) is 17.2 Å². The number of thioether (sulfide) groups is 1. The molecule has 1 heterocycles. The number of hydrogen-bond acceptors (Lipinski definition) is 4. The molecule has 0 bridgehead atoms. The number of hydrogen-bond donors (Lipinski definition) is 1. The third-order valence-corrected chi connectivity index (χ3v) is 4.03. The fraction of sp³-hybridized carbons (Fsp3) is 0.467. The maximum atomic E-state index is 5.83. The van der Waals surface area contributed by atoms with Crippen LogP contribution in [-0.2, 0) is 5.75 Å². The van der Waals surface area contributed by atoms with Gasteiger partial charge in [0.2, 0.25) is 5.16 Å². The first kappa shape index (κ1) is 13.5. The Morgan fingerprint density at radius 2 is 2.15 bits per heavy atom. The number of aromatic nitrogens is 3. The van der Waals surface area contributed by atoms with Gasteiger partial charge in [-0.25, -0.2) is 4.98 Å². The molecule has 0 aliphatic heterocycles. The highest BCUT2D eigenvalue weighted by Crippen LogP contribution is 2.38. The van der Waals surface area contributed by atoms with Crippen LogP contribution < -0.4 is 4.74 Å². The SMILES string of the molecule is CC(C)Oc1ccccc1CSc1n[nH]c(C2CC2)n1. The van der Waals surface area contributed by atoms with E-state index in [4.69, 9.17) is 4.74 Å². The van der Waals surface area contributed by atoms with Crippen LogP contribution >= 0.6 is 11.8 Å². The zero-order valence-corrected chi connectivity index (χ0v) is 12.6. The standard InChI is InChI=1S/C15H19N3OS/c1-10(2)19-13-6-4-3-5-12(13)9-20-15-16-14(17-18-15)11-7-8-11/h3-6,10-11H,7-9H2,1-2H3,(H,16,17,18). The van der Waals surface area contributed by atoms with Gasteiger partial charge in [0.25, 0.3) is 0 Å². The average molecular weight is 289 g/mol. The Labute approximate surface area is 123 Å². The van der Waals surface area contributed by atoms with E-state index in [1.807, 2.05) is 32.0 Å². The summed E-state index contributed by atoms with van der Waals surface area (Å²) in [6.45, 7) is 4.09. The molecule has 1 aromatic heterocycles. The highest BCUT2D eigenvalue weighted by molar-refractivity contribution is 7.98. The molecule has 1 aliphatic rings. The van der Waals surface area contributed by atoms with Gasteiger partial charge >= 0.3 is 0 Å². The summed E-state index contributed by atoms with van der Waals surface area (Å²) in [4.78, 5) is 4.53. The lowest BCUT2D eigenvalue weighted by Crippen LogP contribution is -2.07. The van der Waals surface area contributed by atoms with E-state index >= 15 is 0 Å². The maximum Gasteiger partial charge on any atom is 0.208 e. The van der Waals surface area contributed by atoms with Crippen molar-refractivity contribution in [1.29, 1.82) is 0 Å². The number of para-hydroxylation sites is 1. The van der Waals surface area contributed by atoms with Crippen molar-refractivity contribution in [2.45, 2.75) is 49.6 Å².